The number of benzene rings is 2. The summed E-state index contributed by atoms with van der Waals surface area (Å²) < 4.78 is 32.7. The highest BCUT2D eigenvalue weighted by molar-refractivity contribution is 7.89. The van der Waals surface area contributed by atoms with Crippen LogP contribution in [0.3, 0.4) is 0 Å². The second kappa shape index (κ2) is 7.80. The Kier molecular flexibility index (Phi) is 5.64. The maximum absolute atomic E-state index is 12.8. The van der Waals surface area contributed by atoms with Gasteiger partial charge < -0.3 is 4.42 Å². The molecule has 2 aromatic carbocycles. The Morgan fingerprint density at radius 2 is 1.74 bits per heavy atom. The molecule has 0 saturated heterocycles. The van der Waals surface area contributed by atoms with E-state index < -0.39 is 10.0 Å². The molecule has 0 spiro atoms. The number of aryl methyl sites for hydroxylation is 1. The minimum absolute atomic E-state index is 0.140. The predicted molar refractivity (Wildman–Crippen MR) is 105 cm³/mol. The lowest BCUT2D eigenvalue weighted by Crippen LogP contribution is -2.30. The summed E-state index contributed by atoms with van der Waals surface area (Å²) in [5.74, 6) is 0.523. The van der Waals surface area contributed by atoms with E-state index in [9.17, 15) is 8.42 Å². The van der Waals surface area contributed by atoms with Crippen molar-refractivity contribution in [2.45, 2.75) is 25.7 Å². The quantitative estimate of drug-likeness (QED) is 0.607. The highest BCUT2D eigenvalue weighted by atomic mass is 35.5. The lowest BCUT2D eigenvalue weighted by Gasteiger charge is -2.18. The van der Waals surface area contributed by atoms with Crippen LogP contribution in [0.5, 0.6) is 0 Å². The van der Waals surface area contributed by atoms with E-state index in [-0.39, 0.29) is 10.8 Å². The number of hydrogen-bond acceptors (Lipinski definition) is 5. The smallest absolute Gasteiger partial charge is 0.249 e. The van der Waals surface area contributed by atoms with Crippen LogP contribution in [-0.4, -0.2) is 36.0 Å². The Labute approximate surface area is 163 Å². The topological polar surface area (TPSA) is 76.3 Å². The fourth-order valence-corrected chi connectivity index (χ4v) is 4.45. The summed E-state index contributed by atoms with van der Waals surface area (Å²) in [6.07, 6.45) is 0. The molecule has 3 aromatic rings. The molecule has 0 aliphatic carbocycles. The maximum atomic E-state index is 12.8. The molecule has 6 nitrogen and oxygen atoms in total. The second-order valence-electron chi connectivity index (χ2n) is 6.01. The van der Waals surface area contributed by atoms with Crippen molar-refractivity contribution in [3.8, 4) is 22.9 Å². The highest BCUT2D eigenvalue weighted by Gasteiger charge is 2.24. The molecule has 1 aromatic heterocycles. The fraction of sp³-hybridized carbons (Fsp3) is 0.263. The van der Waals surface area contributed by atoms with Crippen LogP contribution in [0.4, 0.5) is 0 Å². The maximum Gasteiger partial charge on any atom is 0.249 e. The summed E-state index contributed by atoms with van der Waals surface area (Å²) in [6.45, 7) is 6.33. The highest BCUT2D eigenvalue weighted by Crippen LogP contribution is 2.32. The number of aromatic nitrogens is 2. The van der Waals surface area contributed by atoms with Crippen LogP contribution in [0.2, 0.25) is 5.02 Å². The average molecular weight is 406 g/mol. The predicted octanol–water partition coefficient (Wildman–Crippen LogP) is 4.40. The molecule has 0 bridgehead atoms. The number of halogens is 1. The van der Waals surface area contributed by atoms with E-state index in [0.29, 0.717) is 29.6 Å². The monoisotopic (exact) mass is 405 g/mol. The van der Waals surface area contributed by atoms with Gasteiger partial charge in [-0.05, 0) is 37.3 Å². The first-order chi connectivity index (χ1) is 12.9. The van der Waals surface area contributed by atoms with Gasteiger partial charge in [0.15, 0.2) is 0 Å². The van der Waals surface area contributed by atoms with Crippen molar-refractivity contribution in [2.24, 2.45) is 0 Å². The van der Waals surface area contributed by atoms with Gasteiger partial charge in [0, 0.05) is 18.7 Å². The molecule has 1 heterocycles. The van der Waals surface area contributed by atoms with E-state index >= 15 is 0 Å². The zero-order valence-corrected chi connectivity index (χ0v) is 16.9. The lowest BCUT2D eigenvalue weighted by atomic mass is 10.1. The molecule has 142 valence electrons. The van der Waals surface area contributed by atoms with Crippen molar-refractivity contribution in [3.05, 3.63) is 53.1 Å². The minimum atomic E-state index is -3.61. The third kappa shape index (κ3) is 3.90. The number of sulfonamides is 1. The fourth-order valence-electron chi connectivity index (χ4n) is 2.77. The summed E-state index contributed by atoms with van der Waals surface area (Å²) in [7, 11) is -3.61. The van der Waals surface area contributed by atoms with Crippen molar-refractivity contribution in [1.82, 2.24) is 14.5 Å². The summed E-state index contributed by atoms with van der Waals surface area (Å²) in [4.78, 5) is 0.140. The Bertz CT molecular complexity index is 1060. The van der Waals surface area contributed by atoms with Gasteiger partial charge in [-0.1, -0.05) is 43.1 Å². The van der Waals surface area contributed by atoms with Gasteiger partial charge in [-0.3, -0.25) is 0 Å². The zero-order chi connectivity index (χ0) is 19.6. The molecular weight excluding hydrogens is 386 g/mol. The van der Waals surface area contributed by atoms with Crippen LogP contribution in [0.25, 0.3) is 22.9 Å². The van der Waals surface area contributed by atoms with Crippen molar-refractivity contribution in [1.29, 1.82) is 0 Å². The Hall–Kier alpha value is -2.22. The second-order valence-corrected chi connectivity index (χ2v) is 8.36. The van der Waals surface area contributed by atoms with Crippen molar-refractivity contribution in [2.75, 3.05) is 13.1 Å². The van der Waals surface area contributed by atoms with Crippen molar-refractivity contribution in [3.63, 3.8) is 0 Å². The van der Waals surface area contributed by atoms with Gasteiger partial charge in [0.25, 0.3) is 0 Å². The number of hydrogen-bond donors (Lipinski definition) is 0. The summed E-state index contributed by atoms with van der Waals surface area (Å²) in [5.41, 5.74) is 2.24. The van der Waals surface area contributed by atoms with Gasteiger partial charge in [0.05, 0.1) is 15.5 Å². The van der Waals surface area contributed by atoms with Crippen LogP contribution >= 0.6 is 11.6 Å². The van der Waals surface area contributed by atoms with Crippen molar-refractivity contribution >= 4 is 21.6 Å². The molecule has 0 unspecified atom stereocenters. The van der Waals surface area contributed by atoms with Crippen molar-refractivity contribution < 1.29 is 12.8 Å². The molecular formula is C19H20ClN3O3S. The molecule has 0 radical (unpaired) electrons. The van der Waals surface area contributed by atoms with E-state index in [4.69, 9.17) is 16.0 Å². The number of rotatable bonds is 6. The molecule has 0 saturated carbocycles. The molecule has 0 fully saturated rings. The summed E-state index contributed by atoms with van der Waals surface area (Å²) in [5, 5.41) is 8.46. The van der Waals surface area contributed by atoms with Gasteiger partial charge in [-0.2, -0.15) is 4.31 Å². The molecule has 27 heavy (non-hydrogen) atoms. The first-order valence-corrected chi connectivity index (χ1v) is 10.4. The molecule has 0 aliphatic rings. The largest absolute Gasteiger partial charge is 0.416 e. The summed E-state index contributed by atoms with van der Waals surface area (Å²) >= 11 is 6.27. The van der Waals surface area contributed by atoms with Gasteiger partial charge >= 0.3 is 0 Å². The Balaban J connectivity index is 2.03. The lowest BCUT2D eigenvalue weighted by molar-refractivity contribution is 0.445. The molecule has 8 heteroatoms. The van der Waals surface area contributed by atoms with Crippen LogP contribution in [0.1, 0.15) is 19.4 Å². The molecule has 0 amide bonds. The third-order valence-electron chi connectivity index (χ3n) is 4.20. The minimum Gasteiger partial charge on any atom is -0.416 e. The SMILES string of the molecule is CCN(CC)S(=O)(=O)c1ccc(Cl)c(-c2nnc(-c3cccc(C)c3)o2)c1. The van der Waals surface area contributed by atoms with Gasteiger partial charge in [0.1, 0.15) is 0 Å². The van der Waals surface area contributed by atoms with Crippen LogP contribution in [0.15, 0.2) is 51.8 Å². The van der Waals surface area contributed by atoms with E-state index in [1.54, 1.807) is 13.8 Å². The van der Waals surface area contributed by atoms with Gasteiger partial charge in [0.2, 0.25) is 21.8 Å². The first kappa shape index (κ1) is 19.5. The molecule has 0 N–H and O–H groups in total. The van der Waals surface area contributed by atoms with Crippen LogP contribution in [0, 0.1) is 6.92 Å². The van der Waals surface area contributed by atoms with Gasteiger partial charge in [-0.25, -0.2) is 8.42 Å². The van der Waals surface area contributed by atoms with Crippen LogP contribution < -0.4 is 0 Å². The number of nitrogens with zero attached hydrogens (tertiary/aromatic N) is 3. The molecule has 0 atom stereocenters. The molecule has 0 aliphatic heterocycles. The van der Waals surface area contributed by atoms with Gasteiger partial charge in [-0.15, -0.1) is 10.2 Å². The third-order valence-corrected chi connectivity index (χ3v) is 6.58. The normalized spacial score (nSPS) is 11.9. The summed E-state index contributed by atoms with van der Waals surface area (Å²) in [6, 6.07) is 12.2. The van der Waals surface area contributed by atoms with E-state index in [2.05, 4.69) is 10.2 Å². The van der Waals surface area contributed by atoms with Crippen LogP contribution in [-0.2, 0) is 10.0 Å². The first-order valence-electron chi connectivity index (χ1n) is 8.57. The average Bonchev–Trinajstić information content (AvgIpc) is 3.12. The van der Waals surface area contributed by atoms with E-state index in [1.807, 2.05) is 31.2 Å². The van der Waals surface area contributed by atoms with E-state index in [1.165, 1.54) is 22.5 Å². The standard InChI is InChI=1S/C19H20ClN3O3S/c1-4-23(5-2)27(24,25)15-9-10-17(20)16(12-15)19-22-21-18(26-19)14-8-6-7-13(3)11-14/h6-12H,4-5H2,1-3H3. The molecule has 3 rings (SSSR count). The Morgan fingerprint density at radius 1 is 1.04 bits per heavy atom. The zero-order valence-electron chi connectivity index (χ0n) is 15.3. The van der Waals surface area contributed by atoms with E-state index in [0.717, 1.165) is 11.1 Å². The Morgan fingerprint density at radius 3 is 2.41 bits per heavy atom.